The Hall–Kier alpha value is -2.37. The topological polar surface area (TPSA) is 81.7 Å². The van der Waals surface area contributed by atoms with Gasteiger partial charge >= 0.3 is 11.9 Å². The zero-order chi connectivity index (χ0) is 15.4. The lowest BCUT2D eigenvalue weighted by molar-refractivity contribution is -0.159. The van der Waals surface area contributed by atoms with Gasteiger partial charge in [0.15, 0.2) is 0 Å². The van der Waals surface area contributed by atoms with Crippen LogP contribution in [0.3, 0.4) is 0 Å². The number of ether oxygens (including phenoxy) is 2. The molecule has 1 saturated heterocycles. The van der Waals surface area contributed by atoms with Crippen molar-refractivity contribution in [3.63, 3.8) is 0 Å². The summed E-state index contributed by atoms with van der Waals surface area (Å²) in [4.78, 5) is 34.6. The van der Waals surface area contributed by atoms with Crippen LogP contribution in [-0.4, -0.2) is 37.1 Å². The Kier molecular flexibility index (Phi) is 4.57. The molecular weight excluding hydrogens is 274 g/mol. The van der Waals surface area contributed by atoms with Crippen molar-refractivity contribution in [1.82, 2.24) is 5.32 Å². The minimum atomic E-state index is -0.851. The molecule has 1 fully saturated rings. The number of amides is 1. The fraction of sp³-hybridized carbons (Fsp3) is 0.400. The predicted octanol–water partition coefficient (Wildman–Crippen LogP) is 0.892. The van der Waals surface area contributed by atoms with Gasteiger partial charge in [-0.3, -0.25) is 9.59 Å². The lowest BCUT2D eigenvalue weighted by Crippen LogP contribution is -2.33. The maximum absolute atomic E-state index is 11.9. The highest BCUT2D eigenvalue weighted by molar-refractivity contribution is 5.96. The number of esters is 2. The molecule has 0 bridgehead atoms. The number of hydrogen-bond donors (Lipinski definition) is 1. The van der Waals surface area contributed by atoms with E-state index in [1.165, 1.54) is 0 Å². The molecule has 0 aliphatic carbocycles. The van der Waals surface area contributed by atoms with Gasteiger partial charge in [0, 0.05) is 12.0 Å². The molecule has 6 nitrogen and oxygen atoms in total. The molecule has 2 rings (SSSR count). The molecule has 21 heavy (non-hydrogen) atoms. The largest absolute Gasteiger partial charge is 0.463 e. The molecule has 1 heterocycles. The molecular formula is C15H17NO5. The zero-order valence-corrected chi connectivity index (χ0v) is 12.0. The maximum atomic E-state index is 11.9. The van der Waals surface area contributed by atoms with Gasteiger partial charge < -0.3 is 14.8 Å². The molecule has 0 saturated carbocycles. The highest BCUT2D eigenvalue weighted by atomic mass is 16.6. The summed E-state index contributed by atoms with van der Waals surface area (Å²) in [6.45, 7) is 3.84. The van der Waals surface area contributed by atoms with Gasteiger partial charge in [0.1, 0.15) is 6.54 Å². The number of cyclic esters (lactones) is 1. The summed E-state index contributed by atoms with van der Waals surface area (Å²) in [5.74, 6) is -1.55. The van der Waals surface area contributed by atoms with Gasteiger partial charge in [-0.2, -0.15) is 0 Å². The Morgan fingerprint density at radius 2 is 2.10 bits per heavy atom. The molecule has 1 atom stereocenters. The third-order valence-electron chi connectivity index (χ3n) is 3.32. The second-order valence-electron chi connectivity index (χ2n) is 4.92. The average Bonchev–Trinajstić information content (AvgIpc) is 2.84. The van der Waals surface area contributed by atoms with E-state index in [0.29, 0.717) is 12.0 Å². The van der Waals surface area contributed by atoms with Gasteiger partial charge in [0.25, 0.3) is 5.91 Å². The van der Waals surface area contributed by atoms with Gasteiger partial charge in [-0.15, -0.1) is 0 Å². The minimum absolute atomic E-state index is 0.256. The van der Waals surface area contributed by atoms with Crippen molar-refractivity contribution in [3.05, 3.63) is 34.9 Å². The SMILES string of the molecule is Cc1ccc(C(=O)NCC(=O)O[C@@H]2CCOC2=O)cc1C. The standard InChI is InChI=1S/C15H17NO5/c1-9-3-4-11(7-10(9)2)14(18)16-8-13(17)21-12-5-6-20-15(12)19/h3-4,7,12H,5-6,8H2,1-2H3,(H,16,18)/t12-/m1/s1. The molecule has 1 amide bonds. The van der Waals surface area contributed by atoms with Gasteiger partial charge in [0.2, 0.25) is 6.10 Å². The Morgan fingerprint density at radius 1 is 1.33 bits per heavy atom. The third kappa shape index (κ3) is 3.81. The van der Waals surface area contributed by atoms with Crippen LogP contribution in [0.25, 0.3) is 0 Å². The summed E-state index contributed by atoms with van der Waals surface area (Å²) in [5, 5.41) is 2.47. The fourth-order valence-corrected chi connectivity index (χ4v) is 1.92. The van der Waals surface area contributed by atoms with E-state index in [-0.39, 0.29) is 19.1 Å². The lowest BCUT2D eigenvalue weighted by Gasteiger charge is -2.09. The van der Waals surface area contributed by atoms with Crippen LogP contribution in [0.1, 0.15) is 27.9 Å². The summed E-state index contributed by atoms with van der Waals surface area (Å²) < 4.78 is 9.61. The van der Waals surface area contributed by atoms with Crippen LogP contribution in [0, 0.1) is 13.8 Å². The summed E-state index contributed by atoms with van der Waals surface area (Å²) in [7, 11) is 0. The molecule has 1 aliphatic rings. The first-order valence-corrected chi connectivity index (χ1v) is 6.69. The van der Waals surface area contributed by atoms with Crippen molar-refractivity contribution in [2.24, 2.45) is 0 Å². The Labute approximate surface area is 122 Å². The number of carbonyl (C=O) groups excluding carboxylic acids is 3. The molecule has 1 aromatic rings. The summed E-state index contributed by atoms with van der Waals surface area (Å²) in [6.07, 6.45) is -0.494. The minimum Gasteiger partial charge on any atom is -0.463 e. The van der Waals surface area contributed by atoms with Crippen LogP contribution < -0.4 is 5.32 Å². The second kappa shape index (κ2) is 6.39. The fourth-order valence-electron chi connectivity index (χ4n) is 1.92. The quantitative estimate of drug-likeness (QED) is 0.833. The monoisotopic (exact) mass is 291 g/mol. The molecule has 1 aliphatic heterocycles. The van der Waals surface area contributed by atoms with Gasteiger partial charge in [-0.1, -0.05) is 6.07 Å². The number of carbonyl (C=O) groups is 3. The predicted molar refractivity (Wildman–Crippen MR) is 73.7 cm³/mol. The van der Waals surface area contributed by atoms with E-state index in [2.05, 4.69) is 10.1 Å². The van der Waals surface area contributed by atoms with Crippen molar-refractivity contribution < 1.29 is 23.9 Å². The first-order chi connectivity index (χ1) is 9.97. The first kappa shape index (κ1) is 15.0. The summed E-state index contributed by atoms with van der Waals surface area (Å²) in [5.41, 5.74) is 2.57. The smallest absolute Gasteiger partial charge is 0.347 e. The van der Waals surface area contributed by atoms with Crippen molar-refractivity contribution in [3.8, 4) is 0 Å². The second-order valence-corrected chi connectivity index (χ2v) is 4.92. The number of nitrogens with one attached hydrogen (secondary N) is 1. The van der Waals surface area contributed by atoms with Gasteiger partial charge in [-0.25, -0.2) is 4.79 Å². The summed E-state index contributed by atoms with van der Waals surface area (Å²) >= 11 is 0. The van der Waals surface area contributed by atoms with E-state index in [4.69, 9.17) is 4.74 Å². The van der Waals surface area contributed by atoms with Crippen LogP contribution in [-0.2, 0) is 19.1 Å². The highest BCUT2D eigenvalue weighted by Crippen LogP contribution is 2.11. The van der Waals surface area contributed by atoms with E-state index < -0.39 is 18.0 Å². The van der Waals surface area contributed by atoms with Gasteiger partial charge in [-0.05, 0) is 37.1 Å². The van der Waals surface area contributed by atoms with Crippen molar-refractivity contribution in [2.45, 2.75) is 26.4 Å². The molecule has 0 unspecified atom stereocenters. The third-order valence-corrected chi connectivity index (χ3v) is 3.32. The molecule has 1 N–H and O–H groups in total. The van der Waals surface area contributed by atoms with E-state index in [9.17, 15) is 14.4 Å². The van der Waals surface area contributed by atoms with E-state index >= 15 is 0 Å². The Bertz CT molecular complexity index is 581. The van der Waals surface area contributed by atoms with Crippen LogP contribution in [0.4, 0.5) is 0 Å². The molecule has 1 aromatic carbocycles. The van der Waals surface area contributed by atoms with Crippen LogP contribution in [0.5, 0.6) is 0 Å². The molecule has 6 heteroatoms. The summed E-state index contributed by atoms with van der Waals surface area (Å²) in [6, 6.07) is 5.29. The van der Waals surface area contributed by atoms with E-state index in [0.717, 1.165) is 11.1 Å². The number of hydrogen-bond acceptors (Lipinski definition) is 5. The average molecular weight is 291 g/mol. The zero-order valence-electron chi connectivity index (χ0n) is 12.0. The Morgan fingerprint density at radius 3 is 2.71 bits per heavy atom. The first-order valence-electron chi connectivity index (χ1n) is 6.69. The van der Waals surface area contributed by atoms with E-state index in [1.54, 1.807) is 12.1 Å². The van der Waals surface area contributed by atoms with Gasteiger partial charge in [0.05, 0.1) is 6.61 Å². The normalized spacial score (nSPS) is 17.2. The maximum Gasteiger partial charge on any atom is 0.347 e. The van der Waals surface area contributed by atoms with Crippen molar-refractivity contribution >= 4 is 17.8 Å². The highest BCUT2D eigenvalue weighted by Gasteiger charge is 2.30. The number of aryl methyl sites for hydroxylation is 2. The molecule has 112 valence electrons. The molecule has 0 spiro atoms. The molecule has 0 aromatic heterocycles. The molecule has 0 radical (unpaired) electrons. The van der Waals surface area contributed by atoms with Crippen molar-refractivity contribution in [1.29, 1.82) is 0 Å². The lowest BCUT2D eigenvalue weighted by atomic mass is 10.1. The van der Waals surface area contributed by atoms with Crippen molar-refractivity contribution in [2.75, 3.05) is 13.2 Å². The number of benzene rings is 1. The van der Waals surface area contributed by atoms with Crippen LogP contribution >= 0.6 is 0 Å². The van der Waals surface area contributed by atoms with E-state index in [1.807, 2.05) is 19.9 Å². The number of rotatable bonds is 4. The van der Waals surface area contributed by atoms with Crippen LogP contribution in [0.15, 0.2) is 18.2 Å². The van der Waals surface area contributed by atoms with Crippen LogP contribution in [0.2, 0.25) is 0 Å². The Balaban J connectivity index is 1.84.